The number of carbonyl (C=O) groups excluding carboxylic acids is 3. The standard InChI is InChI=1S/C26H24N4O5/c31-24-16-30(21-9-5-4-8-19(21)28-24)26(33)29-20(14-17-6-2-1-3-7-17)25(32)27-18-10-11-22-23(15-18)35-13-12-34-22/h1-11,15,20H,12-14,16H2,(H,27,32)(H,28,31)(H,29,33)/t20-/m0/s1. The quantitative estimate of drug-likeness (QED) is 0.529. The Morgan fingerprint density at radius 2 is 1.69 bits per heavy atom. The molecule has 5 rings (SSSR count). The zero-order chi connectivity index (χ0) is 24.2. The Morgan fingerprint density at radius 3 is 2.51 bits per heavy atom. The minimum Gasteiger partial charge on any atom is -0.486 e. The molecule has 0 unspecified atom stereocenters. The fraction of sp³-hybridized carbons (Fsp3) is 0.192. The molecule has 0 bridgehead atoms. The largest absolute Gasteiger partial charge is 0.486 e. The molecule has 2 heterocycles. The number of fused-ring (bicyclic) bond motifs is 2. The summed E-state index contributed by atoms with van der Waals surface area (Å²) >= 11 is 0. The molecule has 1 atom stereocenters. The van der Waals surface area contributed by atoms with Crippen molar-refractivity contribution in [1.82, 2.24) is 5.32 Å². The molecule has 4 amide bonds. The molecule has 0 fully saturated rings. The number of anilines is 3. The molecule has 2 aliphatic heterocycles. The van der Waals surface area contributed by atoms with E-state index in [2.05, 4.69) is 16.0 Å². The molecule has 3 N–H and O–H groups in total. The Kier molecular flexibility index (Phi) is 6.21. The number of hydrogen-bond acceptors (Lipinski definition) is 5. The molecule has 0 radical (unpaired) electrons. The molecule has 178 valence electrons. The van der Waals surface area contributed by atoms with Gasteiger partial charge in [0.25, 0.3) is 0 Å². The number of rotatable bonds is 5. The summed E-state index contributed by atoms with van der Waals surface area (Å²) in [6.07, 6.45) is 0.269. The number of nitrogens with one attached hydrogen (secondary N) is 3. The van der Waals surface area contributed by atoms with Gasteiger partial charge in [-0.15, -0.1) is 0 Å². The number of amides is 4. The van der Waals surface area contributed by atoms with E-state index in [4.69, 9.17) is 9.47 Å². The Hall–Kier alpha value is -4.53. The minimum atomic E-state index is -0.893. The average Bonchev–Trinajstić information content (AvgIpc) is 2.88. The first-order valence-corrected chi connectivity index (χ1v) is 11.3. The van der Waals surface area contributed by atoms with Crippen molar-refractivity contribution in [2.24, 2.45) is 0 Å². The molecule has 2 aliphatic rings. The maximum absolute atomic E-state index is 13.3. The van der Waals surface area contributed by atoms with Crippen molar-refractivity contribution < 1.29 is 23.9 Å². The smallest absolute Gasteiger partial charge is 0.323 e. The summed E-state index contributed by atoms with van der Waals surface area (Å²) in [6.45, 7) is 0.758. The van der Waals surface area contributed by atoms with E-state index in [1.54, 1.807) is 42.5 Å². The maximum atomic E-state index is 13.3. The summed E-state index contributed by atoms with van der Waals surface area (Å²) in [7, 11) is 0. The monoisotopic (exact) mass is 472 g/mol. The molecule has 0 aliphatic carbocycles. The molecule has 0 saturated carbocycles. The van der Waals surface area contributed by atoms with Crippen LogP contribution in [0.1, 0.15) is 5.56 Å². The third-order valence-electron chi connectivity index (χ3n) is 5.72. The number of urea groups is 1. The van der Waals surface area contributed by atoms with Crippen molar-refractivity contribution >= 4 is 34.9 Å². The predicted octanol–water partition coefficient (Wildman–Crippen LogP) is 3.18. The van der Waals surface area contributed by atoms with Crippen LogP contribution >= 0.6 is 0 Å². The van der Waals surface area contributed by atoms with Crippen LogP contribution < -0.4 is 30.3 Å². The third kappa shape index (κ3) is 5.03. The highest BCUT2D eigenvalue weighted by Crippen LogP contribution is 2.33. The Balaban J connectivity index is 1.37. The van der Waals surface area contributed by atoms with Crippen molar-refractivity contribution in [3.05, 3.63) is 78.4 Å². The van der Waals surface area contributed by atoms with E-state index in [0.717, 1.165) is 5.56 Å². The molecule has 0 saturated heterocycles. The van der Waals surface area contributed by atoms with Gasteiger partial charge in [0.15, 0.2) is 11.5 Å². The van der Waals surface area contributed by atoms with E-state index in [-0.39, 0.29) is 18.9 Å². The van der Waals surface area contributed by atoms with Gasteiger partial charge in [0.05, 0.1) is 11.4 Å². The molecular formula is C26H24N4O5. The van der Waals surface area contributed by atoms with Crippen LogP contribution in [-0.2, 0) is 16.0 Å². The van der Waals surface area contributed by atoms with Gasteiger partial charge in [-0.05, 0) is 29.8 Å². The van der Waals surface area contributed by atoms with Crippen molar-refractivity contribution in [2.75, 3.05) is 35.3 Å². The van der Waals surface area contributed by atoms with Crippen LogP contribution in [0.25, 0.3) is 0 Å². The van der Waals surface area contributed by atoms with Crippen LogP contribution in [0.4, 0.5) is 21.9 Å². The highest BCUT2D eigenvalue weighted by atomic mass is 16.6. The summed E-state index contributed by atoms with van der Waals surface area (Å²) in [4.78, 5) is 40.1. The van der Waals surface area contributed by atoms with Crippen molar-refractivity contribution in [1.29, 1.82) is 0 Å². The first-order chi connectivity index (χ1) is 17.1. The van der Waals surface area contributed by atoms with Crippen LogP contribution in [0.3, 0.4) is 0 Å². The summed E-state index contributed by atoms with van der Waals surface area (Å²) in [5.41, 5.74) is 2.51. The van der Waals surface area contributed by atoms with Gasteiger partial charge in [-0.2, -0.15) is 0 Å². The minimum absolute atomic E-state index is 0.148. The van der Waals surface area contributed by atoms with Gasteiger partial charge >= 0.3 is 6.03 Å². The van der Waals surface area contributed by atoms with E-state index >= 15 is 0 Å². The van der Waals surface area contributed by atoms with E-state index in [9.17, 15) is 14.4 Å². The number of hydrogen-bond donors (Lipinski definition) is 3. The normalized spacial score (nSPS) is 14.9. The zero-order valence-electron chi connectivity index (χ0n) is 18.8. The molecule has 9 heteroatoms. The van der Waals surface area contributed by atoms with Gasteiger partial charge in [0.2, 0.25) is 11.8 Å². The second kappa shape index (κ2) is 9.76. The highest BCUT2D eigenvalue weighted by molar-refractivity contribution is 6.10. The summed E-state index contributed by atoms with van der Waals surface area (Å²) in [5, 5.41) is 8.44. The molecule has 35 heavy (non-hydrogen) atoms. The fourth-order valence-electron chi connectivity index (χ4n) is 4.05. The average molecular weight is 473 g/mol. The number of benzene rings is 3. The highest BCUT2D eigenvalue weighted by Gasteiger charge is 2.30. The first kappa shape index (κ1) is 22.3. The lowest BCUT2D eigenvalue weighted by molar-refractivity contribution is -0.118. The molecule has 3 aromatic carbocycles. The lowest BCUT2D eigenvalue weighted by Crippen LogP contribution is -2.53. The summed E-state index contributed by atoms with van der Waals surface area (Å²) in [6, 6.07) is 20.2. The van der Waals surface area contributed by atoms with E-state index in [1.807, 2.05) is 30.3 Å². The topological polar surface area (TPSA) is 109 Å². The molecule has 0 spiro atoms. The first-order valence-electron chi connectivity index (χ1n) is 11.3. The van der Waals surface area contributed by atoms with Crippen molar-refractivity contribution in [3.63, 3.8) is 0 Å². The van der Waals surface area contributed by atoms with Crippen LogP contribution in [0.15, 0.2) is 72.8 Å². The van der Waals surface area contributed by atoms with Crippen LogP contribution in [0, 0.1) is 0 Å². The lowest BCUT2D eigenvalue weighted by atomic mass is 10.1. The van der Waals surface area contributed by atoms with Crippen molar-refractivity contribution in [3.8, 4) is 11.5 Å². The molecule has 9 nitrogen and oxygen atoms in total. The van der Waals surface area contributed by atoms with Crippen LogP contribution in [0.2, 0.25) is 0 Å². The lowest BCUT2D eigenvalue weighted by Gasteiger charge is -2.30. The summed E-state index contributed by atoms with van der Waals surface area (Å²) < 4.78 is 11.1. The van der Waals surface area contributed by atoms with Gasteiger partial charge in [0, 0.05) is 18.2 Å². The molecule has 3 aromatic rings. The number of para-hydroxylation sites is 2. The summed E-state index contributed by atoms with van der Waals surface area (Å²) in [5.74, 6) is 0.465. The molecule has 0 aromatic heterocycles. The zero-order valence-corrected chi connectivity index (χ0v) is 18.8. The Labute approximate surface area is 202 Å². The second-order valence-electron chi connectivity index (χ2n) is 8.19. The van der Waals surface area contributed by atoms with Crippen LogP contribution in [0.5, 0.6) is 11.5 Å². The fourth-order valence-corrected chi connectivity index (χ4v) is 4.05. The van der Waals surface area contributed by atoms with Gasteiger partial charge in [0.1, 0.15) is 25.8 Å². The van der Waals surface area contributed by atoms with Crippen LogP contribution in [-0.4, -0.2) is 43.6 Å². The van der Waals surface area contributed by atoms with Gasteiger partial charge in [-0.3, -0.25) is 14.5 Å². The van der Waals surface area contributed by atoms with E-state index < -0.39 is 18.0 Å². The third-order valence-corrected chi connectivity index (χ3v) is 5.72. The van der Waals surface area contributed by atoms with Gasteiger partial charge in [-0.1, -0.05) is 42.5 Å². The number of nitrogens with zero attached hydrogens (tertiary/aromatic N) is 1. The predicted molar refractivity (Wildman–Crippen MR) is 131 cm³/mol. The van der Waals surface area contributed by atoms with E-state index in [0.29, 0.717) is 41.8 Å². The van der Waals surface area contributed by atoms with Gasteiger partial charge < -0.3 is 25.4 Å². The molecular weight excluding hydrogens is 448 g/mol. The number of carbonyl (C=O) groups is 3. The SMILES string of the molecule is O=C1CN(C(=O)N[C@@H](Cc2ccccc2)C(=O)Nc2ccc3c(c2)OCCO3)c2ccccc2N1. The second-order valence-corrected chi connectivity index (χ2v) is 8.19. The maximum Gasteiger partial charge on any atom is 0.323 e. The van der Waals surface area contributed by atoms with Gasteiger partial charge in [-0.25, -0.2) is 4.79 Å². The Bertz CT molecular complexity index is 1260. The Morgan fingerprint density at radius 1 is 0.943 bits per heavy atom. The van der Waals surface area contributed by atoms with Crippen molar-refractivity contribution in [2.45, 2.75) is 12.5 Å². The number of ether oxygens (including phenoxy) is 2. The van der Waals surface area contributed by atoms with E-state index in [1.165, 1.54) is 4.90 Å².